The van der Waals surface area contributed by atoms with Crippen LogP contribution in [0.4, 0.5) is 5.69 Å². The number of nitrogens with one attached hydrogen (secondary N) is 1. The topological polar surface area (TPSA) is 62.3 Å². The molecule has 1 saturated carbocycles. The first-order chi connectivity index (χ1) is 13.5. The van der Waals surface area contributed by atoms with Crippen LogP contribution in [0.3, 0.4) is 0 Å². The van der Waals surface area contributed by atoms with Crippen molar-refractivity contribution in [2.75, 3.05) is 18.9 Å². The third kappa shape index (κ3) is 5.41. The number of benzene rings is 1. The molecular weight excluding hydrogens is 350 g/mol. The van der Waals surface area contributed by atoms with Crippen molar-refractivity contribution in [1.82, 2.24) is 9.88 Å². The van der Waals surface area contributed by atoms with E-state index >= 15 is 0 Å². The van der Waals surface area contributed by atoms with E-state index < -0.39 is 0 Å². The number of aryl methyl sites for hydroxylation is 1. The van der Waals surface area contributed by atoms with Crippen molar-refractivity contribution in [3.63, 3.8) is 0 Å². The van der Waals surface area contributed by atoms with Gasteiger partial charge in [-0.2, -0.15) is 0 Å². The zero-order valence-electron chi connectivity index (χ0n) is 16.7. The van der Waals surface area contributed by atoms with E-state index in [1.807, 2.05) is 55.3 Å². The second-order valence-corrected chi connectivity index (χ2v) is 7.77. The third-order valence-electron chi connectivity index (χ3n) is 5.63. The first-order valence-electron chi connectivity index (χ1n) is 10.0. The van der Waals surface area contributed by atoms with Gasteiger partial charge < -0.3 is 10.2 Å². The lowest BCUT2D eigenvalue weighted by Crippen LogP contribution is -2.37. The highest BCUT2D eigenvalue weighted by atomic mass is 16.2. The summed E-state index contributed by atoms with van der Waals surface area (Å²) in [6, 6.07) is 11.8. The van der Waals surface area contributed by atoms with Crippen LogP contribution in [-0.4, -0.2) is 35.3 Å². The van der Waals surface area contributed by atoms with E-state index in [9.17, 15) is 9.59 Å². The molecule has 0 spiro atoms. The van der Waals surface area contributed by atoms with Crippen molar-refractivity contribution in [1.29, 1.82) is 0 Å². The summed E-state index contributed by atoms with van der Waals surface area (Å²) < 4.78 is 0. The number of aromatic nitrogens is 1. The van der Waals surface area contributed by atoms with Gasteiger partial charge in [-0.1, -0.05) is 17.7 Å². The van der Waals surface area contributed by atoms with Crippen LogP contribution >= 0.6 is 0 Å². The van der Waals surface area contributed by atoms with Gasteiger partial charge in [0.1, 0.15) is 0 Å². The molecular formula is C23H29N3O2. The highest BCUT2D eigenvalue weighted by molar-refractivity contribution is 5.92. The Hall–Kier alpha value is -2.69. The molecule has 1 heterocycles. The second-order valence-electron chi connectivity index (χ2n) is 7.77. The first-order valence-corrected chi connectivity index (χ1v) is 10.0. The summed E-state index contributed by atoms with van der Waals surface area (Å²) >= 11 is 0. The molecule has 0 bridgehead atoms. The van der Waals surface area contributed by atoms with Crippen LogP contribution in [0.15, 0.2) is 48.8 Å². The van der Waals surface area contributed by atoms with Gasteiger partial charge in [0, 0.05) is 43.5 Å². The Morgan fingerprint density at radius 2 is 1.61 bits per heavy atom. The third-order valence-corrected chi connectivity index (χ3v) is 5.63. The van der Waals surface area contributed by atoms with Gasteiger partial charge in [-0.25, -0.2) is 0 Å². The minimum absolute atomic E-state index is 0.00696. The zero-order chi connectivity index (χ0) is 19.9. The summed E-state index contributed by atoms with van der Waals surface area (Å²) in [7, 11) is 1.87. The number of hydrogen-bond donors (Lipinski definition) is 1. The smallest absolute Gasteiger partial charge is 0.227 e. The lowest BCUT2D eigenvalue weighted by atomic mass is 9.81. The van der Waals surface area contributed by atoms with Crippen molar-refractivity contribution in [3.8, 4) is 0 Å². The molecule has 5 nitrogen and oxygen atoms in total. The standard InChI is InChI=1S/C23H29N3O2/c1-17-3-9-21(10-4-17)25-22(27)19-5-7-20(8-6-19)23(28)26(2)16-13-18-11-14-24-15-12-18/h3-4,9-12,14-15,19-20H,5-8,13,16H2,1-2H3,(H,25,27). The van der Waals surface area contributed by atoms with Gasteiger partial charge in [-0.3, -0.25) is 14.6 Å². The van der Waals surface area contributed by atoms with E-state index in [-0.39, 0.29) is 23.7 Å². The molecule has 5 heteroatoms. The van der Waals surface area contributed by atoms with Crippen LogP contribution in [0.2, 0.25) is 0 Å². The molecule has 3 rings (SSSR count). The molecule has 0 saturated heterocycles. The SMILES string of the molecule is Cc1ccc(NC(=O)C2CCC(C(=O)N(C)CCc3ccncc3)CC2)cc1. The second kappa shape index (κ2) is 9.49. The Balaban J connectivity index is 1.44. The van der Waals surface area contributed by atoms with Crippen LogP contribution in [-0.2, 0) is 16.0 Å². The Kier molecular flexibility index (Phi) is 6.80. The van der Waals surface area contributed by atoms with Gasteiger partial charge in [0.15, 0.2) is 0 Å². The van der Waals surface area contributed by atoms with Gasteiger partial charge in [0.05, 0.1) is 0 Å². The van der Waals surface area contributed by atoms with Gasteiger partial charge >= 0.3 is 0 Å². The number of amides is 2. The predicted octanol–water partition coefficient (Wildman–Crippen LogP) is 3.84. The molecule has 2 amide bonds. The Labute approximate surface area is 167 Å². The van der Waals surface area contributed by atoms with Crippen molar-refractivity contribution in [3.05, 3.63) is 59.9 Å². The fraction of sp³-hybridized carbons (Fsp3) is 0.435. The van der Waals surface area contributed by atoms with Crippen LogP contribution in [0.25, 0.3) is 0 Å². The Bertz CT molecular complexity index is 781. The molecule has 28 heavy (non-hydrogen) atoms. The molecule has 1 aromatic heterocycles. The lowest BCUT2D eigenvalue weighted by molar-refractivity contribution is -0.136. The summed E-state index contributed by atoms with van der Waals surface area (Å²) in [6.45, 7) is 2.73. The largest absolute Gasteiger partial charge is 0.345 e. The molecule has 0 atom stereocenters. The molecule has 1 aliphatic carbocycles. The minimum Gasteiger partial charge on any atom is -0.345 e. The van der Waals surface area contributed by atoms with Crippen LogP contribution < -0.4 is 5.32 Å². The fourth-order valence-corrected chi connectivity index (χ4v) is 3.75. The first kappa shape index (κ1) is 20.1. The monoisotopic (exact) mass is 379 g/mol. The Morgan fingerprint density at radius 3 is 2.25 bits per heavy atom. The maximum absolute atomic E-state index is 12.7. The summed E-state index contributed by atoms with van der Waals surface area (Å²) in [5.74, 6) is 0.297. The maximum atomic E-state index is 12.7. The van der Waals surface area contributed by atoms with Crippen molar-refractivity contribution in [2.45, 2.75) is 39.0 Å². The van der Waals surface area contributed by atoms with E-state index in [1.165, 1.54) is 11.1 Å². The normalized spacial score (nSPS) is 19.1. The quantitative estimate of drug-likeness (QED) is 0.829. The molecule has 1 aliphatic rings. The Morgan fingerprint density at radius 1 is 1.00 bits per heavy atom. The van der Waals surface area contributed by atoms with Crippen molar-refractivity contribution < 1.29 is 9.59 Å². The molecule has 1 aromatic carbocycles. The number of rotatable bonds is 6. The summed E-state index contributed by atoms with van der Waals surface area (Å²) in [5.41, 5.74) is 3.20. The summed E-state index contributed by atoms with van der Waals surface area (Å²) in [4.78, 5) is 31.1. The van der Waals surface area contributed by atoms with Gasteiger partial charge in [0.25, 0.3) is 0 Å². The molecule has 0 radical (unpaired) electrons. The zero-order valence-corrected chi connectivity index (χ0v) is 16.7. The number of carbonyl (C=O) groups is 2. The number of likely N-dealkylation sites (N-methyl/N-ethyl adjacent to an activating group) is 1. The van der Waals surface area contributed by atoms with E-state index in [0.717, 1.165) is 37.8 Å². The van der Waals surface area contributed by atoms with Crippen LogP contribution in [0, 0.1) is 18.8 Å². The maximum Gasteiger partial charge on any atom is 0.227 e. The molecule has 1 fully saturated rings. The lowest BCUT2D eigenvalue weighted by Gasteiger charge is -2.30. The number of anilines is 1. The average molecular weight is 380 g/mol. The van der Waals surface area contributed by atoms with E-state index in [4.69, 9.17) is 0 Å². The summed E-state index contributed by atoms with van der Waals surface area (Å²) in [5, 5.41) is 3.00. The molecule has 0 aliphatic heterocycles. The summed E-state index contributed by atoms with van der Waals surface area (Å²) in [6.07, 6.45) is 7.49. The van der Waals surface area contributed by atoms with Crippen molar-refractivity contribution in [2.24, 2.45) is 11.8 Å². The van der Waals surface area contributed by atoms with Crippen molar-refractivity contribution >= 4 is 17.5 Å². The van der Waals surface area contributed by atoms with Gasteiger partial charge in [-0.15, -0.1) is 0 Å². The number of nitrogens with zero attached hydrogens (tertiary/aromatic N) is 2. The fourth-order valence-electron chi connectivity index (χ4n) is 3.75. The molecule has 148 valence electrons. The predicted molar refractivity (Wildman–Crippen MR) is 111 cm³/mol. The van der Waals surface area contributed by atoms with Crippen LogP contribution in [0.5, 0.6) is 0 Å². The minimum atomic E-state index is -0.00696. The van der Waals surface area contributed by atoms with Crippen LogP contribution in [0.1, 0.15) is 36.8 Å². The van der Waals surface area contributed by atoms with Gasteiger partial charge in [-0.05, 0) is 68.9 Å². The van der Waals surface area contributed by atoms with E-state index in [2.05, 4.69) is 10.3 Å². The van der Waals surface area contributed by atoms with E-state index in [1.54, 1.807) is 12.4 Å². The number of carbonyl (C=O) groups excluding carboxylic acids is 2. The highest BCUT2D eigenvalue weighted by Crippen LogP contribution is 2.31. The molecule has 0 unspecified atom stereocenters. The molecule has 1 N–H and O–H groups in total. The van der Waals surface area contributed by atoms with E-state index in [0.29, 0.717) is 6.54 Å². The van der Waals surface area contributed by atoms with Gasteiger partial charge in [0.2, 0.25) is 11.8 Å². The number of hydrogen-bond acceptors (Lipinski definition) is 3. The average Bonchev–Trinajstić information content (AvgIpc) is 2.74. The molecule has 2 aromatic rings. The highest BCUT2D eigenvalue weighted by Gasteiger charge is 2.31. The number of pyridine rings is 1.